The maximum Gasteiger partial charge on any atom is 0.154 e. The summed E-state index contributed by atoms with van der Waals surface area (Å²) < 4.78 is 5.11. The van der Waals surface area contributed by atoms with Crippen molar-refractivity contribution in [1.29, 1.82) is 0 Å². The third-order valence-corrected chi connectivity index (χ3v) is 2.83. The maximum atomic E-state index is 5.11. The molecule has 0 saturated carbocycles. The molecule has 1 aromatic heterocycles. The Bertz CT molecular complexity index is 366. The molecule has 0 bridgehead atoms. The molecule has 0 spiro atoms. The lowest BCUT2D eigenvalue weighted by atomic mass is 10.0. The van der Waals surface area contributed by atoms with Crippen molar-refractivity contribution < 1.29 is 4.74 Å². The van der Waals surface area contributed by atoms with Crippen molar-refractivity contribution in [2.24, 2.45) is 0 Å². The summed E-state index contributed by atoms with van der Waals surface area (Å²) in [6.07, 6.45) is 3.23. The highest BCUT2D eigenvalue weighted by Gasteiger charge is 2.16. The van der Waals surface area contributed by atoms with Gasteiger partial charge in [-0.15, -0.1) is 0 Å². The average Bonchev–Trinajstić information content (AvgIpc) is 2.30. The minimum absolute atomic E-state index is 0.504. The Morgan fingerprint density at radius 1 is 1.38 bits per heavy atom. The molecule has 1 N–H and O–H groups in total. The quantitative estimate of drug-likeness (QED) is 0.830. The highest BCUT2D eigenvalue weighted by molar-refractivity contribution is 5.28. The number of fused-ring (bicyclic) bond motifs is 1. The lowest BCUT2D eigenvalue weighted by Gasteiger charge is -2.19. The Kier molecular flexibility index (Phi) is 3.85. The van der Waals surface area contributed by atoms with E-state index >= 15 is 0 Å². The Morgan fingerprint density at radius 2 is 2.25 bits per heavy atom. The maximum absolute atomic E-state index is 5.11. The summed E-state index contributed by atoms with van der Waals surface area (Å²) in [5.74, 6) is 0.813. The monoisotopic (exact) mass is 221 g/mol. The number of nitrogens with zero attached hydrogens (tertiary/aromatic N) is 2. The first-order chi connectivity index (χ1) is 7.85. The number of rotatable bonds is 4. The molecule has 0 unspecified atom stereocenters. The van der Waals surface area contributed by atoms with E-state index < -0.39 is 0 Å². The fraction of sp³-hybridized carbons (Fsp3) is 0.667. The van der Waals surface area contributed by atoms with Crippen LogP contribution in [0.15, 0.2) is 0 Å². The molecule has 0 fully saturated rings. The first-order valence-corrected chi connectivity index (χ1v) is 5.92. The molecule has 1 aliphatic heterocycles. The summed E-state index contributed by atoms with van der Waals surface area (Å²) in [6, 6.07) is 0. The summed E-state index contributed by atoms with van der Waals surface area (Å²) in [4.78, 5) is 9.15. The van der Waals surface area contributed by atoms with Gasteiger partial charge in [-0.3, -0.25) is 0 Å². The van der Waals surface area contributed by atoms with Gasteiger partial charge in [0.25, 0.3) is 0 Å². The molecule has 1 aliphatic rings. The van der Waals surface area contributed by atoms with Crippen molar-refractivity contribution in [3.8, 4) is 0 Å². The van der Waals surface area contributed by atoms with E-state index in [0.29, 0.717) is 6.61 Å². The summed E-state index contributed by atoms with van der Waals surface area (Å²) in [7, 11) is 1.68. The van der Waals surface area contributed by atoms with Gasteiger partial charge < -0.3 is 10.1 Å². The number of ether oxygens (including phenoxy) is 1. The van der Waals surface area contributed by atoms with Gasteiger partial charge >= 0.3 is 0 Å². The molecule has 2 rings (SSSR count). The van der Waals surface area contributed by atoms with Crippen LogP contribution in [0.5, 0.6) is 0 Å². The molecule has 1 aromatic rings. The Hall–Kier alpha value is -1.00. The number of hydrogen-bond acceptors (Lipinski definition) is 4. The van der Waals surface area contributed by atoms with Crippen LogP contribution in [0.2, 0.25) is 0 Å². The Balaban J connectivity index is 2.35. The molecule has 0 saturated heterocycles. The zero-order valence-electron chi connectivity index (χ0n) is 10.0. The van der Waals surface area contributed by atoms with E-state index in [9.17, 15) is 0 Å². The first kappa shape index (κ1) is 11.5. The van der Waals surface area contributed by atoms with Crippen LogP contribution in [0.3, 0.4) is 0 Å². The SMILES string of the molecule is CCCc1nc(COC)nc2c1CCNC2. The molecule has 88 valence electrons. The summed E-state index contributed by atoms with van der Waals surface area (Å²) in [5, 5.41) is 3.35. The zero-order chi connectivity index (χ0) is 11.4. The van der Waals surface area contributed by atoms with Crippen LogP contribution in [0, 0.1) is 0 Å². The molecule has 4 nitrogen and oxygen atoms in total. The van der Waals surface area contributed by atoms with Gasteiger partial charge in [-0.05, 0) is 24.9 Å². The minimum atomic E-state index is 0.504. The van der Waals surface area contributed by atoms with Crippen LogP contribution in [0.25, 0.3) is 0 Å². The highest BCUT2D eigenvalue weighted by atomic mass is 16.5. The lowest BCUT2D eigenvalue weighted by Crippen LogP contribution is -2.27. The van der Waals surface area contributed by atoms with E-state index in [1.54, 1.807) is 7.11 Å². The molecular formula is C12H19N3O. The normalized spacial score (nSPS) is 14.9. The van der Waals surface area contributed by atoms with Crippen molar-refractivity contribution in [3.05, 3.63) is 22.8 Å². The van der Waals surface area contributed by atoms with Gasteiger partial charge in [0.2, 0.25) is 0 Å². The molecule has 0 aliphatic carbocycles. The second kappa shape index (κ2) is 5.37. The van der Waals surface area contributed by atoms with E-state index in [2.05, 4.69) is 22.2 Å². The van der Waals surface area contributed by atoms with E-state index in [1.165, 1.54) is 11.3 Å². The van der Waals surface area contributed by atoms with Crippen molar-refractivity contribution in [3.63, 3.8) is 0 Å². The van der Waals surface area contributed by atoms with Crippen LogP contribution in [0.1, 0.15) is 36.1 Å². The van der Waals surface area contributed by atoms with Crippen LogP contribution in [-0.2, 0) is 30.7 Å². The Labute approximate surface area is 96.4 Å². The standard InChI is InChI=1S/C12H19N3O/c1-3-4-10-9-5-6-13-7-11(9)15-12(14-10)8-16-2/h13H,3-8H2,1-2H3. The second-order valence-corrected chi connectivity index (χ2v) is 4.12. The first-order valence-electron chi connectivity index (χ1n) is 5.92. The number of methoxy groups -OCH3 is 1. The van der Waals surface area contributed by atoms with E-state index in [0.717, 1.165) is 43.9 Å². The van der Waals surface area contributed by atoms with Crippen molar-refractivity contribution in [1.82, 2.24) is 15.3 Å². The fourth-order valence-electron chi connectivity index (χ4n) is 2.13. The number of nitrogens with one attached hydrogen (secondary N) is 1. The van der Waals surface area contributed by atoms with Crippen LogP contribution in [-0.4, -0.2) is 23.6 Å². The number of aryl methyl sites for hydroxylation is 1. The van der Waals surface area contributed by atoms with Crippen LogP contribution < -0.4 is 5.32 Å². The molecule has 0 aromatic carbocycles. The largest absolute Gasteiger partial charge is 0.377 e. The summed E-state index contributed by atoms with van der Waals surface area (Å²) in [6.45, 7) is 4.59. The van der Waals surface area contributed by atoms with Gasteiger partial charge in [-0.1, -0.05) is 13.3 Å². The summed E-state index contributed by atoms with van der Waals surface area (Å²) in [5.41, 5.74) is 3.75. The van der Waals surface area contributed by atoms with E-state index in [1.807, 2.05) is 0 Å². The lowest BCUT2D eigenvalue weighted by molar-refractivity contribution is 0.177. The molecule has 0 atom stereocenters. The van der Waals surface area contributed by atoms with E-state index in [4.69, 9.17) is 4.74 Å². The predicted octanol–water partition coefficient (Wildman–Crippen LogP) is 1.22. The van der Waals surface area contributed by atoms with E-state index in [-0.39, 0.29) is 0 Å². The van der Waals surface area contributed by atoms with Crippen LogP contribution >= 0.6 is 0 Å². The average molecular weight is 221 g/mol. The Morgan fingerprint density at radius 3 is 3.00 bits per heavy atom. The number of aromatic nitrogens is 2. The van der Waals surface area contributed by atoms with Crippen molar-refractivity contribution in [2.45, 2.75) is 39.3 Å². The minimum Gasteiger partial charge on any atom is -0.377 e. The molecule has 0 radical (unpaired) electrons. The van der Waals surface area contributed by atoms with Gasteiger partial charge in [0.15, 0.2) is 5.82 Å². The smallest absolute Gasteiger partial charge is 0.154 e. The third-order valence-electron chi connectivity index (χ3n) is 2.83. The highest BCUT2D eigenvalue weighted by Crippen LogP contribution is 2.17. The van der Waals surface area contributed by atoms with Crippen molar-refractivity contribution >= 4 is 0 Å². The molecule has 4 heteroatoms. The number of hydrogen-bond donors (Lipinski definition) is 1. The fourth-order valence-corrected chi connectivity index (χ4v) is 2.13. The topological polar surface area (TPSA) is 47.0 Å². The molecular weight excluding hydrogens is 202 g/mol. The molecule has 16 heavy (non-hydrogen) atoms. The molecule has 0 amide bonds. The van der Waals surface area contributed by atoms with Crippen LogP contribution in [0.4, 0.5) is 0 Å². The summed E-state index contributed by atoms with van der Waals surface area (Å²) >= 11 is 0. The van der Waals surface area contributed by atoms with Gasteiger partial charge in [-0.2, -0.15) is 0 Å². The second-order valence-electron chi connectivity index (χ2n) is 4.12. The van der Waals surface area contributed by atoms with Gasteiger partial charge in [-0.25, -0.2) is 9.97 Å². The predicted molar refractivity (Wildman–Crippen MR) is 62.2 cm³/mol. The van der Waals surface area contributed by atoms with Crippen molar-refractivity contribution in [2.75, 3.05) is 13.7 Å². The molecule has 2 heterocycles. The third kappa shape index (κ3) is 2.39. The van der Waals surface area contributed by atoms with Gasteiger partial charge in [0.1, 0.15) is 6.61 Å². The van der Waals surface area contributed by atoms with Gasteiger partial charge in [0.05, 0.1) is 5.69 Å². The van der Waals surface area contributed by atoms with Gasteiger partial charge in [0, 0.05) is 19.3 Å². The zero-order valence-corrected chi connectivity index (χ0v) is 10.0.